The van der Waals surface area contributed by atoms with E-state index in [-0.39, 0.29) is 17.7 Å². The number of hydrogen-bond donors (Lipinski definition) is 2. The lowest BCUT2D eigenvalue weighted by atomic mass is 9.95. The van der Waals surface area contributed by atoms with Crippen LogP contribution in [-0.2, 0) is 4.74 Å². The Kier molecular flexibility index (Phi) is 5.30. The average Bonchev–Trinajstić information content (AvgIpc) is 3.25. The number of aryl methyl sites for hydroxylation is 1. The Labute approximate surface area is 174 Å². The van der Waals surface area contributed by atoms with E-state index in [0.717, 1.165) is 23.1 Å². The summed E-state index contributed by atoms with van der Waals surface area (Å²) in [5.74, 6) is -0.0281. The van der Waals surface area contributed by atoms with Crippen LogP contribution in [0, 0.1) is 6.92 Å². The molecule has 2 aromatic carbocycles. The standard InChI is InChI=1S/C22H22ClN3O3/c1-13-11-17(27)15(12-16(13)23)19-18-20(25-24-19)22(28)26(9-6-10-29-2)21(18)14-7-4-3-5-8-14/h3-5,7-8,11-12,21,27H,6,9-10H2,1-2H3,(H,24,25). The summed E-state index contributed by atoms with van der Waals surface area (Å²) >= 11 is 6.31. The van der Waals surface area contributed by atoms with Crippen LogP contribution in [0.15, 0.2) is 42.5 Å². The van der Waals surface area contributed by atoms with Gasteiger partial charge in [-0.25, -0.2) is 0 Å². The van der Waals surface area contributed by atoms with Gasteiger partial charge < -0.3 is 14.7 Å². The molecule has 6 nitrogen and oxygen atoms in total. The van der Waals surface area contributed by atoms with Gasteiger partial charge in [0.2, 0.25) is 0 Å². The number of amides is 1. The number of hydrogen-bond acceptors (Lipinski definition) is 4. The van der Waals surface area contributed by atoms with E-state index < -0.39 is 0 Å². The first-order valence-electron chi connectivity index (χ1n) is 9.45. The molecule has 0 bridgehead atoms. The minimum atomic E-state index is -0.302. The molecule has 150 valence electrons. The second-order valence-corrected chi connectivity index (χ2v) is 7.54. The number of methoxy groups -OCH3 is 1. The zero-order valence-corrected chi connectivity index (χ0v) is 17.0. The monoisotopic (exact) mass is 411 g/mol. The summed E-state index contributed by atoms with van der Waals surface area (Å²) < 4.78 is 5.16. The molecule has 0 radical (unpaired) electrons. The Morgan fingerprint density at radius 1 is 1.28 bits per heavy atom. The van der Waals surface area contributed by atoms with Crippen molar-refractivity contribution in [3.63, 3.8) is 0 Å². The molecule has 0 spiro atoms. The predicted molar refractivity (Wildman–Crippen MR) is 111 cm³/mol. The lowest BCUT2D eigenvalue weighted by molar-refractivity contribution is 0.0723. The summed E-state index contributed by atoms with van der Waals surface area (Å²) in [5, 5.41) is 18.4. The van der Waals surface area contributed by atoms with E-state index >= 15 is 0 Å². The normalized spacial score (nSPS) is 15.8. The number of nitrogens with zero attached hydrogens (tertiary/aromatic N) is 2. The van der Waals surface area contributed by atoms with Crippen LogP contribution in [0.3, 0.4) is 0 Å². The molecule has 1 aromatic heterocycles. The molecule has 3 aromatic rings. The van der Waals surface area contributed by atoms with Gasteiger partial charge in [-0.15, -0.1) is 0 Å². The van der Waals surface area contributed by atoms with Crippen molar-refractivity contribution in [2.75, 3.05) is 20.3 Å². The fourth-order valence-electron chi connectivity index (χ4n) is 3.85. The van der Waals surface area contributed by atoms with Crippen molar-refractivity contribution in [1.29, 1.82) is 0 Å². The lowest BCUT2D eigenvalue weighted by Gasteiger charge is -2.26. The highest BCUT2D eigenvalue weighted by molar-refractivity contribution is 6.31. The van der Waals surface area contributed by atoms with Gasteiger partial charge in [0.05, 0.1) is 6.04 Å². The molecule has 2 heterocycles. The highest BCUT2D eigenvalue weighted by atomic mass is 35.5. The number of carbonyl (C=O) groups excluding carboxylic acids is 1. The van der Waals surface area contributed by atoms with Crippen LogP contribution in [0.4, 0.5) is 0 Å². The maximum Gasteiger partial charge on any atom is 0.273 e. The number of ether oxygens (including phenoxy) is 1. The SMILES string of the molecule is COCCCN1C(=O)c2[nH]nc(-c3cc(Cl)c(C)cc3O)c2C1c1ccccc1. The Morgan fingerprint density at radius 2 is 2.03 bits per heavy atom. The van der Waals surface area contributed by atoms with Crippen molar-refractivity contribution in [3.8, 4) is 17.0 Å². The number of benzene rings is 2. The summed E-state index contributed by atoms with van der Waals surface area (Å²) in [6, 6.07) is 12.8. The van der Waals surface area contributed by atoms with Crippen LogP contribution in [-0.4, -0.2) is 46.4 Å². The van der Waals surface area contributed by atoms with Crippen LogP contribution < -0.4 is 0 Å². The number of nitrogens with one attached hydrogen (secondary N) is 1. The Bertz CT molecular complexity index is 1050. The zero-order chi connectivity index (χ0) is 20.5. The van der Waals surface area contributed by atoms with Crippen LogP contribution in [0.1, 0.15) is 39.6 Å². The van der Waals surface area contributed by atoms with Gasteiger partial charge in [-0.2, -0.15) is 5.10 Å². The van der Waals surface area contributed by atoms with Crippen molar-refractivity contribution in [2.24, 2.45) is 0 Å². The van der Waals surface area contributed by atoms with Gasteiger partial charge in [-0.3, -0.25) is 9.89 Å². The third kappa shape index (κ3) is 3.39. The number of phenolic OH excluding ortho intramolecular Hbond substituents is 1. The molecule has 29 heavy (non-hydrogen) atoms. The van der Waals surface area contributed by atoms with E-state index in [1.165, 1.54) is 0 Å². The van der Waals surface area contributed by atoms with Crippen molar-refractivity contribution >= 4 is 17.5 Å². The first kappa shape index (κ1) is 19.5. The number of aromatic hydroxyl groups is 1. The van der Waals surface area contributed by atoms with Gasteiger partial charge in [0.15, 0.2) is 0 Å². The maximum absolute atomic E-state index is 13.2. The number of rotatable bonds is 6. The topological polar surface area (TPSA) is 78.5 Å². The van der Waals surface area contributed by atoms with Crippen molar-refractivity contribution in [1.82, 2.24) is 15.1 Å². The van der Waals surface area contributed by atoms with Gasteiger partial charge in [-0.05, 0) is 36.6 Å². The highest BCUT2D eigenvalue weighted by Gasteiger charge is 2.42. The third-order valence-corrected chi connectivity index (χ3v) is 5.67. The smallest absolute Gasteiger partial charge is 0.273 e. The lowest BCUT2D eigenvalue weighted by Crippen LogP contribution is -2.31. The number of carbonyl (C=O) groups is 1. The molecule has 1 aliphatic rings. The van der Waals surface area contributed by atoms with Gasteiger partial charge in [0.25, 0.3) is 5.91 Å². The van der Waals surface area contributed by atoms with E-state index in [0.29, 0.717) is 35.1 Å². The summed E-state index contributed by atoms with van der Waals surface area (Å²) in [6.45, 7) is 2.95. The first-order chi connectivity index (χ1) is 14.0. The number of phenols is 1. The predicted octanol–water partition coefficient (Wildman–Crippen LogP) is 4.33. The fourth-order valence-corrected chi connectivity index (χ4v) is 4.01. The van der Waals surface area contributed by atoms with Crippen molar-refractivity contribution in [3.05, 3.63) is 69.9 Å². The largest absolute Gasteiger partial charge is 0.507 e. The van der Waals surface area contributed by atoms with E-state index in [9.17, 15) is 9.90 Å². The van der Waals surface area contributed by atoms with E-state index in [2.05, 4.69) is 10.2 Å². The minimum absolute atomic E-state index is 0.0818. The van der Waals surface area contributed by atoms with E-state index in [4.69, 9.17) is 16.3 Å². The molecular formula is C22H22ClN3O3. The van der Waals surface area contributed by atoms with Crippen LogP contribution >= 0.6 is 11.6 Å². The van der Waals surface area contributed by atoms with Crippen molar-refractivity contribution in [2.45, 2.75) is 19.4 Å². The average molecular weight is 412 g/mol. The quantitative estimate of drug-likeness (QED) is 0.592. The van der Waals surface area contributed by atoms with Crippen LogP contribution in [0.25, 0.3) is 11.3 Å². The van der Waals surface area contributed by atoms with Crippen molar-refractivity contribution < 1.29 is 14.6 Å². The summed E-state index contributed by atoms with van der Waals surface area (Å²) in [4.78, 5) is 15.0. The minimum Gasteiger partial charge on any atom is -0.507 e. The molecular weight excluding hydrogens is 390 g/mol. The molecule has 1 atom stereocenters. The molecule has 0 saturated carbocycles. The zero-order valence-electron chi connectivity index (χ0n) is 16.3. The molecule has 0 fully saturated rings. The van der Waals surface area contributed by atoms with Gasteiger partial charge in [0, 0.05) is 36.4 Å². The number of aromatic nitrogens is 2. The Morgan fingerprint density at radius 3 is 2.76 bits per heavy atom. The van der Waals surface area contributed by atoms with E-state index in [1.54, 1.807) is 19.2 Å². The number of halogens is 1. The maximum atomic E-state index is 13.2. The summed E-state index contributed by atoms with van der Waals surface area (Å²) in [7, 11) is 1.65. The van der Waals surface area contributed by atoms with Gasteiger partial charge in [0.1, 0.15) is 17.1 Å². The Hall–Kier alpha value is -2.83. The highest BCUT2D eigenvalue weighted by Crippen LogP contribution is 2.45. The van der Waals surface area contributed by atoms with Gasteiger partial charge >= 0.3 is 0 Å². The van der Waals surface area contributed by atoms with Gasteiger partial charge in [-0.1, -0.05) is 41.9 Å². The molecule has 1 amide bonds. The molecule has 1 aliphatic heterocycles. The summed E-state index contributed by atoms with van der Waals surface area (Å²) in [6.07, 6.45) is 0.722. The molecule has 2 N–H and O–H groups in total. The Balaban J connectivity index is 1.85. The molecule has 0 saturated heterocycles. The molecule has 7 heteroatoms. The molecule has 4 rings (SSSR count). The molecule has 1 unspecified atom stereocenters. The first-order valence-corrected chi connectivity index (χ1v) is 9.83. The summed E-state index contributed by atoms with van der Waals surface area (Å²) in [5.41, 5.74) is 4.01. The van der Waals surface area contributed by atoms with Crippen LogP contribution in [0.5, 0.6) is 5.75 Å². The molecule has 0 aliphatic carbocycles. The van der Waals surface area contributed by atoms with Crippen LogP contribution in [0.2, 0.25) is 5.02 Å². The third-order valence-electron chi connectivity index (χ3n) is 5.26. The fraction of sp³-hybridized carbons (Fsp3) is 0.273. The van der Waals surface area contributed by atoms with E-state index in [1.807, 2.05) is 42.2 Å². The number of aromatic amines is 1. The number of H-pyrrole nitrogens is 1. The number of fused-ring (bicyclic) bond motifs is 1. The second kappa shape index (κ2) is 7.89. The second-order valence-electron chi connectivity index (χ2n) is 7.14.